The number of hydrogen-bond donors (Lipinski definition) is 0. The molecule has 0 radical (unpaired) electrons. The van der Waals surface area contributed by atoms with Crippen molar-refractivity contribution in [3.8, 4) is 0 Å². The summed E-state index contributed by atoms with van der Waals surface area (Å²) in [5.41, 5.74) is 0.646. The van der Waals surface area contributed by atoms with Gasteiger partial charge in [0.1, 0.15) is 16.6 Å². The fourth-order valence-corrected chi connectivity index (χ4v) is 4.35. The molecule has 1 saturated heterocycles. The molecule has 5 nitrogen and oxygen atoms in total. The highest BCUT2D eigenvalue weighted by molar-refractivity contribution is 9.10. The Bertz CT molecular complexity index is 760. The molecule has 1 aromatic carbocycles. The van der Waals surface area contributed by atoms with E-state index in [9.17, 15) is 9.00 Å². The van der Waals surface area contributed by atoms with Crippen molar-refractivity contribution in [3.63, 3.8) is 0 Å². The lowest BCUT2D eigenvalue weighted by atomic mass is 9.81. The Hall–Kier alpha value is -1.21. The maximum absolute atomic E-state index is 12.5. The van der Waals surface area contributed by atoms with Crippen LogP contribution in [-0.4, -0.2) is 44.9 Å². The summed E-state index contributed by atoms with van der Waals surface area (Å²) < 4.78 is 23.0. The molecule has 0 spiro atoms. The average molecular weight is 485 g/mol. The van der Waals surface area contributed by atoms with Crippen LogP contribution in [0, 0.1) is 5.92 Å². The lowest BCUT2D eigenvalue weighted by Crippen LogP contribution is -2.42. The number of halogens is 1. The van der Waals surface area contributed by atoms with Crippen molar-refractivity contribution in [3.05, 3.63) is 34.3 Å². The van der Waals surface area contributed by atoms with E-state index in [2.05, 4.69) is 26.4 Å². The first-order chi connectivity index (χ1) is 13.4. The number of piperidine rings is 1. The van der Waals surface area contributed by atoms with E-state index < -0.39 is 21.3 Å². The predicted molar refractivity (Wildman–Crippen MR) is 124 cm³/mol. The highest BCUT2D eigenvalue weighted by atomic mass is 79.9. The number of rotatable bonds is 4. The standard InChI is InChI=1S/C22H33BrN2O3S/c1-21(2,3)28-20(26)25-13-11-16(12-14-25)18(15-24-29(27)22(4,5)6)17-9-7-8-10-19(17)23/h7-10,15-16,18H,11-14H2,1-6H3/b24-15+. The smallest absolute Gasteiger partial charge is 0.410 e. The first-order valence-corrected chi connectivity index (χ1v) is 12.0. The Kier molecular flexibility index (Phi) is 8.08. The highest BCUT2D eigenvalue weighted by Gasteiger charge is 2.32. The molecular formula is C22H33BrN2O3S. The van der Waals surface area contributed by atoms with Gasteiger partial charge in [0.25, 0.3) is 0 Å². The zero-order valence-electron chi connectivity index (χ0n) is 18.3. The van der Waals surface area contributed by atoms with Crippen molar-refractivity contribution in [2.45, 2.75) is 70.7 Å². The molecule has 29 heavy (non-hydrogen) atoms. The van der Waals surface area contributed by atoms with Gasteiger partial charge in [-0.2, -0.15) is 4.40 Å². The van der Waals surface area contributed by atoms with E-state index in [0.717, 1.165) is 22.9 Å². The molecule has 0 bridgehead atoms. The Balaban J connectivity index is 2.17. The fourth-order valence-electron chi connectivity index (χ4n) is 3.25. The zero-order valence-corrected chi connectivity index (χ0v) is 20.7. The van der Waals surface area contributed by atoms with Crippen molar-refractivity contribution in [2.75, 3.05) is 13.1 Å². The summed E-state index contributed by atoms with van der Waals surface area (Å²) in [5.74, 6) is 0.353. The summed E-state index contributed by atoms with van der Waals surface area (Å²) in [5, 5.41) is 0. The van der Waals surface area contributed by atoms with Crippen molar-refractivity contribution < 1.29 is 13.7 Å². The topological polar surface area (TPSA) is 59.0 Å². The number of carbonyl (C=O) groups excluding carboxylic acids is 1. The van der Waals surface area contributed by atoms with Gasteiger partial charge >= 0.3 is 6.09 Å². The van der Waals surface area contributed by atoms with E-state index >= 15 is 0 Å². The van der Waals surface area contributed by atoms with Crippen molar-refractivity contribution in [2.24, 2.45) is 10.3 Å². The van der Waals surface area contributed by atoms with Crippen LogP contribution in [0.2, 0.25) is 0 Å². The summed E-state index contributed by atoms with van der Waals surface area (Å²) in [6, 6.07) is 8.10. The summed E-state index contributed by atoms with van der Waals surface area (Å²) in [6.07, 6.45) is 3.30. The summed E-state index contributed by atoms with van der Waals surface area (Å²) in [4.78, 5) is 14.2. The molecule has 1 fully saturated rings. The van der Waals surface area contributed by atoms with Gasteiger partial charge < -0.3 is 9.64 Å². The van der Waals surface area contributed by atoms with Crippen LogP contribution in [0.1, 0.15) is 65.9 Å². The average Bonchev–Trinajstić information content (AvgIpc) is 2.61. The van der Waals surface area contributed by atoms with E-state index in [4.69, 9.17) is 4.74 Å². The number of ether oxygens (including phenoxy) is 1. The van der Waals surface area contributed by atoms with Gasteiger partial charge in [-0.1, -0.05) is 34.1 Å². The van der Waals surface area contributed by atoms with Gasteiger partial charge in [-0.25, -0.2) is 9.00 Å². The molecule has 2 unspecified atom stereocenters. The molecule has 2 rings (SSSR count). The van der Waals surface area contributed by atoms with Crippen LogP contribution in [0.25, 0.3) is 0 Å². The van der Waals surface area contributed by atoms with Crippen LogP contribution in [0.15, 0.2) is 33.1 Å². The first kappa shape index (κ1) is 24.1. The van der Waals surface area contributed by atoms with E-state index in [1.807, 2.05) is 66.0 Å². The summed E-state index contributed by atoms with van der Waals surface area (Å²) >= 11 is 3.66. The Morgan fingerprint density at radius 3 is 2.31 bits per heavy atom. The molecule has 2 atom stereocenters. The zero-order chi connectivity index (χ0) is 21.8. The molecule has 162 valence electrons. The minimum absolute atomic E-state index is 0.0395. The van der Waals surface area contributed by atoms with Crippen LogP contribution >= 0.6 is 15.9 Å². The van der Waals surface area contributed by atoms with E-state index in [1.165, 1.54) is 0 Å². The second-order valence-corrected chi connectivity index (χ2v) is 12.3. The molecule has 1 aliphatic rings. The molecular weight excluding hydrogens is 452 g/mol. The number of carbonyl (C=O) groups is 1. The minimum atomic E-state index is -1.30. The molecule has 1 heterocycles. The van der Waals surface area contributed by atoms with Gasteiger partial charge in [0.2, 0.25) is 0 Å². The van der Waals surface area contributed by atoms with Gasteiger partial charge in [0, 0.05) is 29.7 Å². The maximum Gasteiger partial charge on any atom is 0.410 e. The van der Waals surface area contributed by atoms with Crippen LogP contribution in [0.5, 0.6) is 0 Å². The monoisotopic (exact) mass is 484 g/mol. The van der Waals surface area contributed by atoms with Crippen molar-refractivity contribution in [1.29, 1.82) is 0 Å². The molecule has 0 aliphatic carbocycles. The number of nitrogens with zero attached hydrogens (tertiary/aromatic N) is 2. The second-order valence-electron chi connectivity index (χ2n) is 9.47. The fraction of sp³-hybridized carbons (Fsp3) is 0.636. The van der Waals surface area contributed by atoms with Crippen LogP contribution in [0.3, 0.4) is 0 Å². The first-order valence-electron chi connectivity index (χ1n) is 10.1. The van der Waals surface area contributed by atoms with Gasteiger partial charge in [-0.15, -0.1) is 0 Å². The quantitative estimate of drug-likeness (QED) is 0.513. The third-order valence-electron chi connectivity index (χ3n) is 4.80. The van der Waals surface area contributed by atoms with Gasteiger partial charge in [0.05, 0.1) is 4.75 Å². The molecule has 1 aliphatic heterocycles. The third kappa shape index (κ3) is 7.21. The summed E-state index contributed by atoms with van der Waals surface area (Å²) in [7, 11) is -1.30. The molecule has 0 N–H and O–H groups in total. The van der Waals surface area contributed by atoms with Crippen molar-refractivity contribution >= 4 is 39.2 Å². The SMILES string of the molecule is CC(C)(C)OC(=O)N1CCC(C(/C=N/S(=O)C(C)(C)C)c2ccccc2Br)CC1. The lowest BCUT2D eigenvalue weighted by Gasteiger charge is -2.36. The third-order valence-corrected chi connectivity index (χ3v) is 6.89. The highest BCUT2D eigenvalue weighted by Crippen LogP contribution is 2.35. The number of likely N-dealkylation sites (tertiary alicyclic amines) is 1. The largest absolute Gasteiger partial charge is 0.444 e. The van der Waals surface area contributed by atoms with Gasteiger partial charge in [0.15, 0.2) is 0 Å². The molecule has 7 heteroatoms. The van der Waals surface area contributed by atoms with Crippen LogP contribution in [0.4, 0.5) is 4.79 Å². The number of hydrogen-bond acceptors (Lipinski definition) is 3. The Morgan fingerprint density at radius 2 is 1.79 bits per heavy atom. The molecule has 1 amide bonds. The van der Waals surface area contributed by atoms with Gasteiger partial charge in [-0.05, 0) is 71.9 Å². The lowest BCUT2D eigenvalue weighted by molar-refractivity contribution is 0.0181. The van der Waals surface area contributed by atoms with Crippen molar-refractivity contribution in [1.82, 2.24) is 4.90 Å². The summed E-state index contributed by atoms with van der Waals surface area (Å²) in [6.45, 7) is 12.7. The second kappa shape index (κ2) is 9.73. The molecule has 1 aromatic rings. The predicted octanol–water partition coefficient (Wildman–Crippen LogP) is 5.71. The molecule has 0 aromatic heterocycles. The molecule has 0 saturated carbocycles. The number of benzene rings is 1. The van der Waals surface area contributed by atoms with Gasteiger partial charge in [-0.3, -0.25) is 0 Å². The van der Waals surface area contributed by atoms with E-state index in [-0.39, 0.29) is 12.0 Å². The number of amides is 1. The normalized spacial score (nSPS) is 18.7. The minimum Gasteiger partial charge on any atom is -0.444 e. The Labute approximate surface area is 186 Å². The Morgan fingerprint density at radius 1 is 1.21 bits per heavy atom. The van der Waals surface area contributed by atoms with E-state index in [0.29, 0.717) is 19.0 Å². The van der Waals surface area contributed by atoms with E-state index in [1.54, 1.807) is 4.90 Å². The van der Waals surface area contributed by atoms with Crippen LogP contribution in [-0.2, 0) is 15.7 Å². The van der Waals surface area contributed by atoms with Crippen LogP contribution < -0.4 is 0 Å². The maximum atomic E-state index is 12.5.